The maximum atomic E-state index is 5.23. The van der Waals surface area contributed by atoms with Crippen LogP contribution in [0.4, 0.5) is 0 Å². The van der Waals surface area contributed by atoms with Gasteiger partial charge in [-0.1, -0.05) is 157 Å². The monoisotopic (exact) mass is 682 g/mol. The smallest absolute Gasteiger partial charge is 0.163 e. The standard InChI is InChI=1S/C47H30N4S/c1-3-14-33(15-4-1)41-28-42(51-46(50-41)36-29-48-45(49-30-36)34-16-5-2-6-17-34)35-26-25-32-24-23-31-13-7-8-18-37(31)47(40(32)27-35)38-19-9-11-21-43(38)52-44-22-12-10-20-39(44)47/h1-30H. The Hall–Kier alpha value is -6.43. The van der Waals surface area contributed by atoms with E-state index in [1.54, 1.807) is 0 Å². The van der Waals surface area contributed by atoms with Gasteiger partial charge in [0.15, 0.2) is 11.6 Å². The number of hydrogen-bond acceptors (Lipinski definition) is 5. The summed E-state index contributed by atoms with van der Waals surface area (Å²) in [6, 6.07) is 55.8. The van der Waals surface area contributed by atoms with Gasteiger partial charge in [-0.2, -0.15) is 0 Å². The van der Waals surface area contributed by atoms with Crippen LogP contribution < -0.4 is 0 Å². The van der Waals surface area contributed by atoms with Crippen LogP contribution in [0.25, 0.3) is 57.4 Å². The van der Waals surface area contributed by atoms with Crippen LogP contribution in [0.15, 0.2) is 180 Å². The lowest BCUT2D eigenvalue weighted by atomic mass is 9.63. The fourth-order valence-electron chi connectivity index (χ4n) is 7.73. The molecule has 0 atom stereocenters. The minimum atomic E-state index is -0.552. The number of benzene rings is 6. The Kier molecular flexibility index (Phi) is 7.25. The molecule has 0 N–H and O–H groups in total. The number of hydrogen-bond donors (Lipinski definition) is 0. The molecular weight excluding hydrogens is 653 g/mol. The highest BCUT2D eigenvalue weighted by Gasteiger charge is 2.46. The number of fused-ring (bicyclic) bond motifs is 8. The second-order valence-corrected chi connectivity index (χ2v) is 14.1. The fraction of sp³-hybridized carbons (Fsp3) is 0.0213. The van der Waals surface area contributed by atoms with Crippen molar-refractivity contribution in [1.29, 1.82) is 0 Å². The first-order valence-electron chi connectivity index (χ1n) is 17.4. The van der Waals surface area contributed by atoms with Crippen LogP contribution in [0.1, 0.15) is 33.4 Å². The lowest BCUT2D eigenvalue weighted by Crippen LogP contribution is -2.35. The van der Waals surface area contributed by atoms with Crippen molar-refractivity contribution in [2.24, 2.45) is 0 Å². The van der Waals surface area contributed by atoms with E-state index in [2.05, 4.69) is 121 Å². The summed E-state index contributed by atoms with van der Waals surface area (Å²) in [6.45, 7) is 0. The van der Waals surface area contributed by atoms with Gasteiger partial charge in [-0.15, -0.1) is 0 Å². The van der Waals surface area contributed by atoms with Gasteiger partial charge in [0, 0.05) is 38.9 Å². The second kappa shape index (κ2) is 12.4. The highest BCUT2D eigenvalue weighted by atomic mass is 32.2. The third-order valence-electron chi connectivity index (χ3n) is 10.1. The Labute approximate surface area is 306 Å². The Balaban J connectivity index is 1.21. The van der Waals surface area contributed by atoms with E-state index in [0.717, 1.165) is 33.6 Å². The molecule has 2 aliphatic rings. The molecule has 52 heavy (non-hydrogen) atoms. The molecule has 0 bridgehead atoms. The Morgan fingerprint density at radius 2 is 0.923 bits per heavy atom. The molecule has 2 aromatic heterocycles. The summed E-state index contributed by atoms with van der Waals surface area (Å²) < 4.78 is 0. The lowest BCUT2D eigenvalue weighted by Gasteiger charge is -2.42. The summed E-state index contributed by atoms with van der Waals surface area (Å²) in [5.74, 6) is 1.25. The zero-order valence-electron chi connectivity index (χ0n) is 28.0. The fourth-order valence-corrected chi connectivity index (χ4v) is 8.92. The Bertz CT molecular complexity index is 2610. The van der Waals surface area contributed by atoms with E-state index < -0.39 is 5.41 Å². The predicted octanol–water partition coefficient (Wildman–Crippen LogP) is 11.3. The van der Waals surface area contributed by atoms with Crippen LogP contribution in [-0.2, 0) is 5.41 Å². The van der Waals surface area contributed by atoms with E-state index >= 15 is 0 Å². The summed E-state index contributed by atoms with van der Waals surface area (Å²) in [5.41, 5.74) is 12.3. The minimum absolute atomic E-state index is 0.552. The zero-order chi connectivity index (χ0) is 34.5. The van der Waals surface area contributed by atoms with Crippen molar-refractivity contribution < 1.29 is 0 Å². The van der Waals surface area contributed by atoms with Gasteiger partial charge in [0.2, 0.25) is 0 Å². The third kappa shape index (κ3) is 4.93. The van der Waals surface area contributed by atoms with Crippen molar-refractivity contribution in [3.05, 3.63) is 203 Å². The number of aromatic nitrogens is 4. The number of rotatable bonds is 4. The molecular formula is C47H30N4S. The Morgan fingerprint density at radius 1 is 0.385 bits per heavy atom. The summed E-state index contributed by atoms with van der Waals surface area (Å²) in [6.07, 6.45) is 8.19. The molecule has 244 valence electrons. The topological polar surface area (TPSA) is 51.6 Å². The van der Waals surface area contributed by atoms with Gasteiger partial charge in [-0.3, -0.25) is 0 Å². The van der Waals surface area contributed by atoms with Crippen molar-refractivity contribution >= 4 is 23.9 Å². The van der Waals surface area contributed by atoms with Crippen LogP contribution in [-0.4, -0.2) is 19.9 Å². The van der Waals surface area contributed by atoms with E-state index in [1.165, 1.54) is 43.2 Å². The molecule has 1 aliphatic carbocycles. The molecule has 0 saturated carbocycles. The SMILES string of the molecule is C1=Cc2ccc(-c3cc(-c4ccccc4)nc(-c4cnc(-c5ccccc5)nc4)n3)cc2C2(c3ccccc31)c1ccccc1Sc1ccccc12. The highest BCUT2D eigenvalue weighted by molar-refractivity contribution is 7.99. The molecule has 8 aromatic rings. The van der Waals surface area contributed by atoms with Crippen molar-refractivity contribution in [2.45, 2.75) is 15.2 Å². The molecule has 0 radical (unpaired) electrons. The molecule has 0 fully saturated rings. The molecule has 1 aliphatic heterocycles. The first-order valence-corrected chi connectivity index (χ1v) is 18.2. The molecule has 6 aromatic carbocycles. The van der Waals surface area contributed by atoms with Gasteiger partial charge < -0.3 is 0 Å². The van der Waals surface area contributed by atoms with Crippen molar-refractivity contribution in [2.75, 3.05) is 0 Å². The number of nitrogens with zero attached hydrogens (tertiary/aromatic N) is 4. The van der Waals surface area contributed by atoms with E-state index in [9.17, 15) is 0 Å². The average molecular weight is 683 g/mol. The minimum Gasteiger partial charge on any atom is -0.236 e. The van der Waals surface area contributed by atoms with Gasteiger partial charge >= 0.3 is 0 Å². The largest absolute Gasteiger partial charge is 0.236 e. The van der Waals surface area contributed by atoms with E-state index in [-0.39, 0.29) is 0 Å². The summed E-state index contributed by atoms with van der Waals surface area (Å²) >= 11 is 1.85. The second-order valence-electron chi connectivity index (χ2n) is 13.1. The van der Waals surface area contributed by atoms with E-state index in [1.807, 2.05) is 72.7 Å². The molecule has 10 rings (SSSR count). The molecule has 0 unspecified atom stereocenters. The van der Waals surface area contributed by atoms with Crippen LogP contribution in [0, 0.1) is 0 Å². The van der Waals surface area contributed by atoms with Crippen LogP contribution in [0.5, 0.6) is 0 Å². The molecule has 4 nitrogen and oxygen atoms in total. The maximum absolute atomic E-state index is 5.23. The van der Waals surface area contributed by atoms with E-state index in [4.69, 9.17) is 19.9 Å². The van der Waals surface area contributed by atoms with Crippen molar-refractivity contribution in [1.82, 2.24) is 19.9 Å². The summed E-state index contributed by atoms with van der Waals surface area (Å²) in [4.78, 5) is 22.3. The average Bonchev–Trinajstić information content (AvgIpc) is 3.36. The highest BCUT2D eigenvalue weighted by Crippen LogP contribution is 2.58. The van der Waals surface area contributed by atoms with Gasteiger partial charge in [-0.25, -0.2) is 19.9 Å². The summed E-state index contributed by atoms with van der Waals surface area (Å²) in [7, 11) is 0. The molecule has 5 heteroatoms. The van der Waals surface area contributed by atoms with Crippen LogP contribution in [0.3, 0.4) is 0 Å². The first kappa shape index (κ1) is 30.4. The molecule has 1 spiro atoms. The van der Waals surface area contributed by atoms with Gasteiger partial charge in [0.05, 0.1) is 22.4 Å². The van der Waals surface area contributed by atoms with Crippen LogP contribution in [0.2, 0.25) is 0 Å². The molecule has 0 saturated heterocycles. The normalized spacial score (nSPS) is 13.4. The molecule has 3 heterocycles. The quantitative estimate of drug-likeness (QED) is 0.185. The van der Waals surface area contributed by atoms with Gasteiger partial charge in [0.1, 0.15) is 0 Å². The van der Waals surface area contributed by atoms with Crippen molar-refractivity contribution in [3.63, 3.8) is 0 Å². The van der Waals surface area contributed by atoms with E-state index in [0.29, 0.717) is 11.6 Å². The third-order valence-corrected chi connectivity index (χ3v) is 11.3. The van der Waals surface area contributed by atoms with Crippen molar-refractivity contribution in [3.8, 4) is 45.3 Å². The van der Waals surface area contributed by atoms with Gasteiger partial charge in [0.25, 0.3) is 0 Å². The van der Waals surface area contributed by atoms with Crippen LogP contribution >= 0.6 is 11.8 Å². The zero-order valence-corrected chi connectivity index (χ0v) is 28.8. The predicted molar refractivity (Wildman–Crippen MR) is 211 cm³/mol. The maximum Gasteiger partial charge on any atom is 0.163 e. The summed E-state index contributed by atoms with van der Waals surface area (Å²) in [5, 5.41) is 0. The van der Waals surface area contributed by atoms with Gasteiger partial charge in [-0.05, 0) is 57.6 Å². The first-order chi connectivity index (χ1) is 25.8. The Morgan fingerprint density at radius 3 is 1.60 bits per heavy atom. The molecule has 0 amide bonds. The lowest BCUT2D eigenvalue weighted by molar-refractivity contribution is 0.701.